The summed E-state index contributed by atoms with van der Waals surface area (Å²) in [5.41, 5.74) is 5.15. The Bertz CT molecular complexity index is 398. The summed E-state index contributed by atoms with van der Waals surface area (Å²) in [5.74, 6) is -2.88. The zero-order valence-corrected chi connectivity index (χ0v) is 10.1. The van der Waals surface area contributed by atoms with Crippen LogP contribution in [0, 0.1) is 5.92 Å². The highest BCUT2D eigenvalue weighted by Gasteiger charge is 2.28. The Balaban J connectivity index is 2.45. The third-order valence-electron chi connectivity index (χ3n) is 2.79. The van der Waals surface area contributed by atoms with Gasteiger partial charge in [-0.15, -0.1) is 0 Å². The second-order valence-electron chi connectivity index (χ2n) is 4.22. The van der Waals surface area contributed by atoms with Gasteiger partial charge in [-0.05, 0) is 25.7 Å². The lowest BCUT2D eigenvalue weighted by Crippen LogP contribution is -2.41. The lowest BCUT2D eigenvalue weighted by Gasteiger charge is -2.26. The minimum absolute atomic E-state index is 0.199. The van der Waals surface area contributed by atoms with Crippen LogP contribution in [0.15, 0.2) is 0 Å². The third-order valence-corrected chi connectivity index (χ3v) is 4.11. The minimum atomic E-state index is -3.78. The first-order valence-electron chi connectivity index (χ1n) is 5.31. The van der Waals surface area contributed by atoms with Gasteiger partial charge in [-0.2, -0.15) is 0 Å². The Morgan fingerprint density at radius 3 is 2.18 bits per heavy atom. The summed E-state index contributed by atoms with van der Waals surface area (Å²) in [4.78, 5) is 21.2. The smallest absolute Gasteiger partial charge is 0.320 e. The summed E-state index contributed by atoms with van der Waals surface area (Å²) in [5, 5.41) is 8.41. The maximum Gasteiger partial charge on any atom is 0.320 e. The largest absolute Gasteiger partial charge is 0.480 e. The van der Waals surface area contributed by atoms with E-state index < -0.39 is 21.7 Å². The molecule has 0 saturated heterocycles. The SMILES string of the molecule is NC(=O)C1CCC(NS(=O)(=O)CC(=O)O)CC1. The molecular weight excluding hydrogens is 248 g/mol. The maximum atomic E-state index is 11.3. The molecule has 8 heteroatoms. The summed E-state index contributed by atoms with van der Waals surface area (Å²) in [6.07, 6.45) is 2.09. The lowest BCUT2D eigenvalue weighted by molar-refractivity contribution is -0.134. The molecule has 17 heavy (non-hydrogen) atoms. The first-order valence-corrected chi connectivity index (χ1v) is 6.96. The van der Waals surface area contributed by atoms with Crippen molar-refractivity contribution in [2.24, 2.45) is 11.7 Å². The van der Waals surface area contributed by atoms with Crippen molar-refractivity contribution in [3.8, 4) is 0 Å². The molecular formula is C9H16N2O5S. The highest BCUT2D eigenvalue weighted by Crippen LogP contribution is 2.24. The quantitative estimate of drug-likeness (QED) is 0.589. The van der Waals surface area contributed by atoms with E-state index in [-0.39, 0.29) is 17.9 Å². The van der Waals surface area contributed by atoms with Crippen LogP contribution in [0.4, 0.5) is 0 Å². The second-order valence-corrected chi connectivity index (χ2v) is 5.98. The number of amides is 1. The molecule has 0 bridgehead atoms. The molecule has 0 spiro atoms. The summed E-state index contributed by atoms with van der Waals surface area (Å²) >= 11 is 0. The molecule has 1 rings (SSSR count). The van der Waals surface area contributed by atoms with Gasteiger partial charge in [-0.3, -0.25) is 9.59 Å². The van der Waals surface area contributed by atoms with E-state index in [0.717, 1.165) is 0 Å². The normalized spacial score (nSPS) is 25.4. The van der Waals surface area contributed by atoms with Gasteiger partial charge in [0.2, 0.25) is 15.9 Å². The Morgan fingerprint density at radius 1 is 1.24 bits per heavy atom. The standard InChI is InChI=1S/C9H16N2O5S/c10-9(14)6-1-3-7(4-2-6)11-17(15,16)5-8(12)13/h6-7,11H,1-5H2,(H2,10,14)(H,12,13). The van der Waals surface area contributed by atoms with Crippen molar-refractivity contribution in [1.82, 2.24) is 4.72 Å². The van der Waals surface area contributed by atoms with Crippen LogP contribution >= 0.6 is 0 Å². The number of aliphatic carboxylic acids is 1. The Hall–Kier alpha value is -1.15. The van der Waals surface area contributed by atoms with Crippen LogP contribution in [-0.4, -0.2) is 37.2 Å². The molecule has 0 unspecified atom stereocenters. The molecule has 0 aromatic rings. The monoisotopic (exact) mass is 264 g/mol. The van der Waals surface area contributed by atoms with Gasteiger partial charge in [0.1, 0.15) is 0 Å². The number of primary amides is 1. The molecule has 1 saturated carbocycles. The van der Waals surface area contributed by atoms with E-state index >= 15 is 0 Å². The molecule has 1 aliphatic rings. The number of carbonyl (C=O) groups is 2. The predicted octanol–water partition coefficient (Wildman–Crippen LogP) is -0.966. The van der Waals surface area contributed by atoms with Crippen LogP contribution in [0.3, 0.4) is 0 Å². The van der Waals surface area contributed by atoms with E-state index in [1.165, 1.54) is 0 Å². The maximum absolute atomic E-state index is 11.3. The van der Waals surface area contributed by atoms with E-state index in [1.807, 2.05) is 0 Å². The van der Waals surface area contributed by atoms with Crippen molar-refractivity contribution >= 4 is 21.9 Å². The van der Waals surface area contributed by atoms with Gasteiger partial charge in [0.05, 0.1) is 0 Å². The van der Waals surface area contributed by atoms with E-state index in [1.54, 1.807) is 0 Å². The Labute approximate surface area is 99.4 Å². The van der Waals surface area contributed by atoms with E-state index in [2.05, 4.69) is 4.72 Å². The number of carboxylic acid groups (broad SMARTS) is 1. The second kappa shape index (κ2) is 5.46. The van der Waals surface area contributed by atoms with Gasteiger partial charge in [0.25, 0.3) is 0 Å². The minimum Gasteiger partial charge on any atom is -0.480 e. The Morgan fingerprint density at radius 2 is 1.76 bits per heavy atom. The van der Waals surface area contributed by atoms with Crippen LogP contribution in [0.2, 0.25) is 0 Å². The molecule has 1 aliphatic carbocycles. The first kappa shape index (κ1) is 13.9. The van der Waals surface area contributed by atoms with Crippen molar-refractivity contribution in [2.45, 2.75) is 31.7 Å². The van der Waals surface area contributed by atoms with Crippen molar-refractivity contribution in [3.05, 3.63) is 0 Å². The fourth-order valence-corrected chi connectivity index (χ4v) is 3.11. The first-order chi connectivity index (χ1) is 7.80. The number of sulfonamides is 1. The summed E-state index contributed by atoms with van der Waals surface area (Å²) in [6, 6.07) is -0.296. The van der Waals surface area contributed by atoms with Gasteiger partial charge < -0.3 is 10.8 Å². The van der Waals surface area contributed by atoms with Crippen molar-refractivity contribution in [3.63, 3.8) is 0 Å². The predicted molar refractivity (Wildman–Crippen MR) is 59.5 cm³/mol. The fraction of sp³-hybridized carbons (Fsp3) is 0.778. The number of carbonyl (C=O) groups excluding carboxylic acids is 1. The third kappa shape index (κ3) is 4.70. The number of hydrogen-bond acceptors (Lipinski definition) is 4. The van der Waals surface area contributed by atoms with Gasteiger partial charge in [0, 0.05) is 12.0 Å². The van der Waals surface area contributed by atoms with E-state index in [9.17, 15) is 18.0 Å². The number of rotatable bonds is 5. The fourth-order valence-electron chi connectivity index (χ4n) is 1.95. The zero-order valence-electron chi connectivity index (χ0n) is 9.26. The molecule has 7 nitrogen and oxygen atoms in total. The number of hydrogen-bond donors (Lipinski definition) is 3. The van der Waals surface area contributed by atoms with Crippen LogP contribution in [0.25, 0.3) is 0 Å². The Kier molecular flexibility index (Phi) is 4.47. The van der Waals surface area contributed by atoms with Gasteiger partial charge in [-0.25, -0.2) is 13.1 Å². The molecule has 0 atom stereocenters. The van der Waals surface area contributed by atoms with Crippen LogP contribution < -0.4 is 10.5 Å². The molecule has 1 fully saturated rings. The molecule has 0 heterocycles. The lowest BCUT2D eigenvalue weighted by atomic mass is 9.86. The topological polar surface area (TPSA) is 127 Å². The van der Waals surface area contributed by atoms with E-state index in [0.29, 0.717) is 25.7 Å². The molecule has 0 radical (unpaired) electrons. The van der Waals surface area contributed by atoms with E-state index in [4.69, 9.17) is 10.8 Å². The molecule has 0 aromatic heterocycles. The number of nitrogens with one attached hydrogen (secondary N) is 1. The van der Waals surface area contributed by atoms with Gasteiger partial charge in [-0.1, -0.05) is 0 Å². The average molecular weight is 264 g/mol. The van der Waals surface area contributed by atoms with Gasteiger partial charge >= 0.3 is 5.97 Å². The van der Waals surface area contributed by atoms with Crippen LogP contribution in [0.5, 0.6) is 0 Å². The van der Waals surface area contributed by atoms with Crippen molar-refractivity contribution < 1.29 is 23.1 Å². The molecule has 98 valence electrons. The zero-order chi connectivity index (χ0) is 13.1. The molecule has 0 aromatic carbocycles. The summed E-state index contributed by atoms with van der Waals surface area (Å²) < 4.78 is 25.0. The molecule has 1 amide bonds. The summed E-state index contributed by atoms with van der Waals surface area (Å²) in [7, 11) is -3.78. The van der Waals surface area contributed by atoms with Crippen molar-refractivity contribution in [1.29, 1.82) is 0 Å². The summed E-state index contributed by atoms with van der Waals surface area (Å²) in [6.45, 7) is 0. The average Bonchev–Trinajstić information content (AvgIpc) is 2.15. The molecule has 4 N–H and O–H groups in total. The highest BCUT2D eigenvalue weighted by molar-refractivity contribution is 7.90. The molecule has 0 aliphatic heterocycles. The van der Waals surface area contributed by atoms with Crippen molar-refractivity contribution in [2.75, 3.05) is 5.75 Å². The number of carboxylic acids is 1. The van der Waals surface area contributed by atoms with Crippen LogP contribution in [0.1, 0.15) is 25.7 Å². The van der Waals surface area contributed by atoms with Crippen LogP contribution in [-0.2, 0) is 19.6 Å². The highest BCUT2D eigenvalue weighted by atomic mass is 32.2. The van der Waals surface area contributed by atoms with Gasteiger partial charge in [0.15, 0.2) is 5.75 Å². The number of nitrogens with two attached hydrogens (primary N) is 1.